The topological polar surface area (TPSA) is 27.7 Å². The molecule has 1 aromatic carbocycles. The second kappa shape index (κ2) is 9.08. The molecule has 3 rings (SSSR count). The fourth-order valence-corrected chi connectivity index (χ4v) is 3.76. The molecule has 1 aromatic rings. The third-order valence-corrected chi connectivity index (χ3v) is 5.61. The van der Waals surface area contributed by atoms with Crippen molar-refractivity contribution in [2.24, 2.45) is 0 Å². The van der Waals surface area contributed by atoms with Gasteiger partial charge < -0.3 is 15.0 Å². The van der Waals surface area contributed by atoms with Crippen LogP contribution in [0.15, 0.2) is 18.2 Å². The van der Waals surface area contributed by atoms with Gasteiger partial charge in [-0.25, -0.2) is 4.39 Å². The number of likely N-dealkylation sites (tertiary alicyclic amines) is 1. The van der Waals surface area contributed by atoms with Crippen LogP contribution in [0.5, 0.6) is 0 Å². The number of aryl methyl sites for hydroxylation is 1. The largest absolute Gasteiger partial charge is 0.379 e. The van der Waals surface area contributed by atoms with Crippen molar-refractivity contribution in [2.45, 2.75) is 38.8 Å². The normalized spacial score (nSPS) is 22.2. The van der Waals surface area contributed by atoms with Gasteiger partial charge >= 0.3 is 0 Å². The Morgan fingerprint density at radius 1 is 1.12 bits per heavy atom. The van der Waals surface area contributed by atoms with Gasteiger partial charge in [-0.15, -0.1) is 0 Å². The van der Waals surface area contributed by atoms with E-state index in [0.29, 0.717) is 11.6 Å². The Kier molecular flexibility index (Phi) is 6.82. The quantitative estimate of drug-likeness (QED) is 0.854. The lowest BCUT2D eigenvalue weighted by atomic mass is 10.0. The fourth-order valence-electron chi connectivity index (χ4n) is 3.76. The van der Waals surface area contributed by atoms with Crippen molar-refractivity contribution in [3.63, 3.8) is 0 Å². The highest BCUT2D eigenvalue weighted by molar-refractivity contribution is 5.25. The Balaban J connectivity index is 1.39. The molecule has 0 radical (unpaired) electrons. The molecule has 0 amide bonds. The third kappa shape index (κ3) is 5.48. The molecule has 2 saturated heterocycles. The number of benzene rings is 1. The van der Waals surface area contributed by atoms with E-state index in [0.717, 1.165) is 58.0 Å². The van der Waals surface area contributed by atoms with E-state index in [4.69, 9.17) is 4.74 Å². The van der Waals surface area contributed by atoms with Crippen LogP contribution in [0.25, 0.3) is 0 Å². The standard InChI is InChI=1S/C20H32FN3O/c1-16-3-4-18(15-20(16)21)17(2)22-19-5-7-23(8-6-19)9-10-24-11-13-25-14-12-24/h3-4,15,17,19,22H,5-14H2,1-2H3/t17-/m1/s1. The number of nitrogens with zero attached hydrogens (tertiary/aromatic N) is 2. The van der Waals surface area contributed by atoms with Gasteiger partial charge in [0.1, 0.15) is 5.82 Å². The SMILES string of the molecule is Cc1ccc([C@@H](C)NC2CCN(CCN3CCOCC3)CC2)cc1F. The molecule has 0 aromatic heterocycles. The summed E-state index contributed by atoms with van der Waals surface area (Å²) in [5, 5.41) is 3.69. The van der Waals surface area contributed by atoms with Gasteiger partial charge in [-0.3, -0.25) is 4.90 Å². The molecule has 140 valence electrons. The first-order valence-electron chi connectivity index (χ1n) is 9.66. The molecule has 25 heavy (non-hydrogen) atoms. The minimum Gasteiger partial charge on any atom is -0.379 e. The minimum absolute atomic E-state index is 0.107. The van der Waals surface area contributed by atoms with E-state index < -0.39 is 0 Å². The van der Waals surface area contributed by atoms with E-state index in [1.165, 1.54) is 12.8 Å². The summed E-state index contributed by atoms with van der Waals surface area (Å²) in [6.07, 6.45) is 2.34. The number of hydrogen-bond acceptors (Lipinski definition) is 4. The molecule has 1 N–H and O–H groups in total. The Morgan fingerprint density at radius 2 is 1.76 bits per heavy atom. The zero-order chi connectivity index (χ0) is 17.6. The Bertz CT molecular complexity index is 540. The van der Waals surface area contributed by atoms with Crippen LogP contribution >= 0.6 is 0 Å². The van der Waals surface area contributed by atoms with Crippen LogP contribution in [0.1, 0.15) is 36.9 Å². The number of ether oxygens (including phenoxy) is 1. The van der Waals surface area contributed by atoms with Gasteiger partial charge in [0, 0.05) is 38.3 Å². The number of morpholine rings is 1. The molecular weight excluding hydrogens is 317 g/mol. The number of rotatable bonds is 6. The van der Waals surface area contributed by atoms with Crippen LogP contribution in [-0.4, -0.2) is 68.3 Å². The maximum Gasteiger partial charge on any atom is 0.126 e. The Labute approximate surface area is 151 Å². The van der Waals surface area contributed by atoms with Crippen LogP contribution in [0.3, 0.4) is 0 Å². The highest BCUT2D eigenvalue weighted by Crippen LogP contribution is 2.19. The van der Waals surface area contributed by atoms with Crippen molar-refractivity contribution in [1.82, 2.24) is 15.1 Å². The summed E-state index contributed by atoms with van der Waals surface area (Å²) in [7, 11) is 0. The van der Waals surface area contributed by atoms with Gasteiger partial charge in [0.05, 0.1) is 13.2 Å². The fraction of sp³-hybridized carbons (Fsp3) is 0.700. The van der Waals surface area contributed by atoms with Gasteiger partial charge in [-0.05, 0) is 57.0 Å². The molecule has 4 nitrogen and oxygen atoms in total. The summed E-state index contributed by atoms with van der Waals surface area (Å²) >= 11 is 0. The van der Waals surface area contributed by atoms with E-state index in [1.807, 2.05) is 19.1 Å². The zero-order valence-electron chi connectivity index (χ0n) is 15.6. The van der Waals surface area contributed by atoms with Gasteiger partial charge in [-0.2, -0.15) is 0 Å². The maximum atomic E-state index is 13.8. The lowest BCUT2D eigenvalue weighted by Crippen LogP contribution is -2.46. The molecule has 2 fully saturated rings. The van der Waals surface area contributed by atoms with E-state index >= 15 is 0 Å². The average Bonchev–Trinajstić information content (AvgIpc) is 2.64. The van der Waals surface area contributed by atoms with Gasteiger partial charge in [-0.1, -0.05) is 12.1 Å². The number of piperidine rings is 1. The van der Waals surface area contributed by atoms with Gasteiger partial charge in [0.2, 0.25) is 0 Å². The molecule has 0 aliphatic carbocycles. The first-order valence-corrected chi connectivity index (χ1v) is 9.66. The molecule has 0 spiro atoms. The third-order valence-electron chi connectivity index (χ3n) is 5.61. The van der Waals surface area contributed by atoms with Gasteiger partial charge in [0.15, 0.2) is 0 Å². The van der Waals surface area contributed by atoms with Crippen LogP contribution < -0.4 is 5.32 Å². The molecule has 2 aliphatic heterocycles. The minimum atomic E-state index is -0.107. The molecule has 2 heterocycles. The van der Waals surface area contributed by atoms with E-state index in [-0.39, 0.29) is 11.9 Å². The predicted octanol–water partition coefficient (Wildman–Crippen LogP) is 2.58. The summed E-state index contributed by atoms with van der Waals surface area (Å²) in [6, 6.07) is 6.30. The molecule has 5 heteroatoms. The molecule has 0 bridgehead atoms. The summed E-state index contributed by atoms with van der Waals surface area (Å²) in [5.41, 5.74) is 1.75. The lowest BCUT2D eigenvalue weighted by molar-refractivity contribution is 0.0318. The second-order valence-electron chi connectivity index (χ2n) is 7.47. The molecule has 0 saturated carbocycles. The zero-order valence-corrected chi connectivity index (χ0v) is 15.6. The van der Waals surface area contributed by atoms with Gasteiger partial charge in [0.25, 0.3) is 0 Å². The van der Waals surface area contributed by atoms with Crippen molar-refractivity contribution < 1.29 is 9.13 Å². The predicted molar refractivity (Wildman–Crippen MR) is 99.4 cm³/mol. The molecule has 1 atom stereocenters. The van der Waals surface area contributed by atoms with Crippen molar-refractivity contribution in [1.29, 1.82) is 0 Å². The summed E-state index contributed by atoms with van der Waals surface area (Å²) < 4.78 is 19.2. The average molecular weight is 349 g/mol. The Morgan fingerprint density at radius 3 is 2.40 bits per heavy atom. The van der Waals surface area contributed by atoms with Crippen molar-refractivity contribution in [2.75, 3.05) is 52.5 Å². The smallest absolute Gasteiger partial charge is 0.126 e. The van der Waals surface area contributed by atoms with E-state index in [9.17, 15) is 4.39 Å². The van der Waals surface area contributed by atoms with Crippen molar-refractivity contribution in [3.05, 3.63) is 35.1 Å². The number of halogens is 1. The summed E-state index contributed by atoms with van der Waals surface area (Å²) in [5.74, 6) is -0.107. The van der Waals surface area contributed by atoms with Crippen LogP contribution in [0.2, 0.25) is 0 Å². The van der Waals surface area contributed by atoms with E-state index in [2.05, 4.69) is 22.0 Å². The highest BCUT2D eigenvalue weighted by atomic mass is 19.1. The lowest BCUT2D eigenvalue weighted by Gasteiger charge is -2.35. The first-order chi connectivity index (χ1) is 12.1. The molecular formula is C20H32FN3O. The number of nitrogens with one attached hydrogen (secondary N) is 1. The number of hydrogen-bond donors (Lipinski definition) is 1. The highest BCUT2D eigenvalue weighted by Gasteiger charge is 2.21. The monoisotopic (exact) mass is 349 g/mol. The second-order valence-corrected chi connectivity index (χ2v) is 7.47. The molecule has 2 aliphatic rings. The molecule has 0 unspecified atom stereocenters. The maximum absolute atomic E-state index is 13.8. The van der Waals surface area contributed by atoms with Crippen LogP contribution in [-0.2, 0) is 4.74 Å². The van der Waals surface area contributed by atoms with E-state index in [1.54, 1.807) is 6.07 Å². The van der Waals surface area contributed by atoms with Crippen molar-refractivity contribution in [3.8, 4) is 0 Å². The van der Waals surface area contributed by atoms with Crippen molar-refractivity contribution >= 4 is 0 Å². The van der Waals surface area contributed by atoms with Crippen LogP contribution in [0, 0.1) is 12.7 Å². The summed E-state index contributed by atoms with van der Waals surface area (Å²) in [6.45, 7) is 12.5. The first kappa shape index (κ1) is 18.8. The summed E-state index contributed by atoms with van der Waals surface area (Å²) in [4.78, 5) is 5.08. The van der Waals surface area contributed by atoms with Crippen LogP contribution in [0.4, 0.5) is 4.39 Å². The Hall–Kier alpha value is -1.01.